The number of pyridine rings is 1. The third-order valence-corrected chi connectivity index (χ3v) is 7.69. The van der Waals surface area contributed by atoms with Gasteiger partial charge in [-0.3, -0.25) is 9.69 Å². The Morgan fingerprint density at radius 2 is 1.72 bits per heavy atom. The fraction of sp³-hybridized carbons (Fsp3) is 0.286. The second kappa shape index (κ2) is 14.1. The van der Waals surface area contributed by atoms with Crippen LogP contribution in [0, 0.1) is 0 Å². The van der Waals surface area contributed by atoms with E-state index in [4.69, 9.17) is 10.7 Å². The first kappa shape index (κ1) is 29.9. The van der Waals surface area contributed by atoms with Crippen LogP contribution in [0.1, 0.15) is 70.8 Å². The van der Waals surface area contributed by atoms with E-state index in [1.54, 1.807) is 12.3 Å². The summed E-state index contributed by atoms with van der Waals surface area (Å²) >= 11 is 0. The van der Waals surface area contributed by atoms with Crippen LogP contribution in [0.3, 0.4) is 0 Å². The number of benzene rings is 3. The molecule has 0 atom stereocenters. The van der Waals surface area contributed by atoms with Crippen molar-refractivity contribution in [2.45, 2.75) is 65.7 Å². The highest BCUT2D eigenvalue weighted by Gasteiger charge is 2.16. The average Bonchev–Trinajstić information content (AvgIpc) is 3.53. The number of nitrogens with two attached hydrogens (primary N) is 1. The molecule has 0 bridgehead atoms. The summed E-state index contributed by atoms with van der Waals surface area (Å²) in [6.07, 6.45) is 7.42. The van der Waals surface area contributed by atoms with E-state index < -0.39 is 0 Å². The van der Waals surface area contributed by atoms with E-state index in [1.165, 1.54) is 11.1 Å². The van der Waals surface area contributed by atoms with E-state index in [-0.39, 0.29) is 11.7 Å². The number of carbonyl (C=O) groups excluding carboxylic acids is 1. The first-order chi connectivity index (χ1) is 21.0. The van der Waals surface area contributed by atoms with E-state index in [0.29, 0.717) is 37.3 Å². The molecule has 0 spiro atoms. The number of aromatic amines is 1. The molecular weight excluding hydrogens is 536 g/mol. The molecule has 43 heavy (non-hydrogen) atoms. The predicted octanol–water partition coefficient (Wildman–Crippen LogP) is 6.48. The summed E-state index contributed by atoms with van der Waals surface area (Å²) < 4.78 is 0. The van der Waals surface area contributed by atoms with Gasteiger partial charge in [0.05, 0.1) is 12.2 Å². The number of aromatic nitrogens is 3. The molecule has 0 unspecified atom stereocenters. The number of hydrogen-bond acceptors (Lipinski definition) is 6. The van der Waals surface area contributed by atoms with Gasteiger partial charge in [-0.15, -0.1) is 0 Å². The Labute approximate surface area is 253 Å². The Bertz CT molecular complexity index is 1660. The van der Waals surface area contributed by atoms with Crippen LogP contribution in [0.5, 0.6) is 5.75 Å². The molecule has 1 amide bonds. The largest absolute Gasteiger partial charge is 0.506 e. The topological polar surface area (TPSA) is 120 Å². The number of phenols is 1. The van der Waals surface area contributed by atoms with Crippen molar-refractivity contribution >= 4 is 22.5 Å². The Balaban J connectivity index is 1.32. The van der Waals surface area contributed by atoms with E-state index >= 15 is 0 Å². The second-order valence-electron chi connectivity index (χ2n) is 10.9. The molecule has 222 valence electrons. The Morgan fingerprint density at radius 1 is 0.930 bits per heavy atom. The molecule has 2 aromatic heterocycles. The second-order valence-corrected chi connectivity index (χ2v) is 10.9. The third-order valence-electron chi connectivity index (χ3n) is 7.69. The van der Waals surface area contributed by atoms with Crippen LogP contribution in [0.2, 0.25) is 0 Å². The van der Waals surface area contributed by atoms with Gasteiger partial charge < -0.3 is 21.1 Å². The highest BCUT2D eigenvalue weighted by atomic mass is 16.3. The van der Waals surface area contributed by atoms with Crippen molar-refractivity contribution in [3.8, 4) is 5.75 Å². The molecule has 5 aromatic rings. The van der Waals surface area contributed by atoms with Gasteiger partial charge in [-0.25, -0.2) is 9.97 Å². The van der Waals surface area contributed by atoms with Crippen LogP contribution in [0.4, 0.5) is 5.69 Å². The molecular formula is C35H40N6O2. The lowest BCUT2D eigenvalue weighted by Crippen LogP contribution is -2.23. The minimum absolute atomic E-state index is 0.125. The van der Waals surface area contributed by atoms with Crippen LogP contribution < -0.4 is 11.1 Å². The summed E-state index contributed by atoms with van der Waals surface area (Å²) in [5.74, 6) is 0.898. The summed E-state index contributed by atoms with van der Waals surface area (Å²) in [6.45, 7) is 6.61. The normalized spacial score (nSPS) is 11.3. The zero-order valence-electron chi connectivity index (χ0n) is 24.9. The van der Waals surface area contributed by atoms with Gasteiger partial charge in [-0.05, 0) is 65.4 Å². The lowest BCUT2D eigenvalue weighted by atomic mass is 9.92. The maximum absolute atomic E-state index is 13.3. The minimum atomic E-state index is -0.125. The van der Waals surface area contributed by atoms with Crippen molar-refractivity contribution in [2.24, 2.45) is 5.73 Å². The number of phenolic OH excluding ortho intramolecular Hbond substituents is 1. The molecule has 0 radical (unpaired) electrons. The zero-order valence-corrected chi connectivity index (χ0v) is 24.9. The fourth-order valence-corrected chi connectivity index (χ4v) is 5.61. The highest BCUT2D eigenvalue weighted by molar-refractivity contribution is 6.04. The molecule has 0 saturated carbocycles. The summed E-state index contributed by atoms with van der Waals surface area (Å²) in [7, 11) is 0. The lowest BCUT2D eigenvalue weighted by molar-refractivity contribution is 0.102. The van der Waals surface area contributed by atoms with Crippen LogP contribution in [-0.2, 0) is 39.0 Å². The molecule has 0 aliphatic heterocycles. The molecule has 0 aliphatic rings. The summed E-state index contributed by atoms with van der Waals surface area (Å²) in [5, 5.41) is 14.4. The third kappa shape index (κ3) is 7.28. The molecule has 8 heteroatoms. The van der Waals surface area contributed by atoms with Crippen LogP contribution >= 0.6 is 0 Å². The van der Waals surface area contributed by atoms with Crippen molar-refractivity contribution in [3.63, 3.8) is 0 Å². The predicted molar refractivity (Wildman–Crippen MR) is 172 cm³/mol. The van der Waals surface area contributed by atoms with Crippen molar-refractivity contribution in [3.05, 3.63) is 118 Å². The number of H-pyrrole nitrogens is 1. The summed E-state index contributed by atoms with van der Waals surface area (Å²) in [6, 6.07) is 21.2. The quantitative estimate of drug-likeness (QED) is 0.127. The lowest BCUT2D eigenvalue weighted by Gasteiger charge is -2.21. The highest BCUT2D eigenvalue weighted by Crippen LogP contribution is 2.28. The number of carbonyl (C=O) groups is 1. The van der Waals surface area contributed by atoms with E-state index in [1.807, 2.05) is 66.9 Å². The maximum Gasteiger partial charge on any atom is 0.255 e. The van der Waals surface area contributed by atoms with Gasteiger partial charge >= 0.3 is 0 Å². The number of fused-ring (bicyclic) bond motifs is 1. The number of rotatable bonds is 13. The van der Waals surface area contributed by atoms with Crippen molar-refractivity contribution in [1.82, 2.24) is 19.9 Å². The number of hydrogen-bond donors (Lipinski definition) is 4. The SMILES string of the molecule is CCCc1c(CN)ccc(NC(=O)c2ccc(CN(Cc3ccc4cccc(O)c4n3)Cc3ncc[nH]3)cc2)c1CCC. The van der Waals surface area contributed by atoms with E-state index in [9.17, 15) is 9.90 Å². The molecule has 2 heterocycles. The summed E-state index contributed by atoms with van der Waals surface area (Å²) in [4.78, 5) is 27.9. The molecule has 5 N–H and O–H groups in total. The molecule has 5 rings (SSSR count). The Morgan fingerprint density at radius 3 is 2.44 bits per heavy atom. The summed E-state index contributed by atoms with van der Waals surface area (Å²) in [5.41, 5.74) is 13.6. The number of amides is 1. The smallest absolute Gasteiger partial charge is 0.255 e. The van der Waals surface area contributed by atoms with Crippen molar-refractivity contribution in [2.75, 3.05) is 5.32 Å². The van der Waals surface area contributed by atoms with Crippen LogP contribution in [0.15, 0.2) is 79.1 Å². The van der Waals surface area contributed by atoms with Gasteiger partial charge in [0.25, 0.3) is 5.91 Å². The zero-order chi connectivity index (χ0) is 30.2. The number of aromatic hydroxyl groups is 1. The van der Waals surface area contributed by atoms with Gasteiger partial charge in [-0.2, -0.15) is 0 Å². The standard InChI is InChI=1S/C35H40N6O2/c1-3-6-29-27(20-36)15-17-31(30(29)7-4-2)40-35(43)26-12-10-24(11-13-26)21-41(23-33-37-18-19-38-33)22-28-16-14-25-8-5-9-32(42)34(25)39-28/h5,8-19,42H,3-4,6-7,20-23,36H2,1-2H3,(H,37,38)(H,40,43). The number of nitrogens with one attached hydrogen (secondary N) is 2. The molecule has 8 nitrogen and oxygen atoms in total. The van der Waals surface area contributed by atoms with Crippen molar-refractivity contribution in [1.29, 1.82) is 0 Å². The van der Waals surface area contributed by atoms with Crippen LogP contribution in [0.25, 0.3) is 10.9 Å². The van der Waals surface area contributed by atoms with E-state index in [0.717, 1.165) is 59.4 Å². The van der Waals surface area contributed by atoms with Gasteiger partial charge in [0.15, 0.2) is 0 Å². The van der Waals surface area contributed by atoms with Gasteiger partial charge in [0.1, 0.15) is 17.1 Å². The molecule has 3 aromatic carbocycles. The van der Waals surface area contributed by atoms with Gasteiger partial charge in [0, 0.05) is 48.7 Å². The fourth-order valence-electron chi connectivity index (χ4n) is 5.61. The molecule has 0 fully saturated rings. The number of para-hydroxylation sites is 1. The van der Waals surface area contributed by atoms with Gasteiger partial charge in [0.2, 0.25) is 0 Å². The van der Waals surface area contributed by atoms with E-state index in [2.05, 4.69) is 34.0 Å². The first-order valence-electron chi connectivity index (χ1n) is 15.0. The van der Waals surface area contributed by atoms with Crippen molar-refractivity contribution < 1.29 is 9.90 Å². The number of imidazole rings is 1. The minimum Gasteiger partial charge on any atom is -0.506 e. The number of nitrogens with zero attached hydrogens (tertiary/aromatic N) is 3. The molecule has 0 aliphatic carbocycles. The maximum atomic E-state index is 13.3. The van der Waals surface area contributed by atoms with Gasteiger partial charge in [-0.1, -0.05) is 63.1 Å². The number of anilines is 1. The Hall–Kier alpha value is -4.53. The Kier molecular flexibility index (Phi) is 9.81. The van der Waals surface area contributed by atoms with Crippen LogP contribution in [-0.4, -0.2) is 30.9 Å². The average molecular weight is 577 g/mol. The first-order valence-corrected chi connectivity index (χ1v) is 15.0. The molecule has 0 saturated heterocycles. The monoisotopic (exact) mass is 576 g/mol.